The van der Waals surface area contributed by atoms with Crippen LogP contribution in [0.15, 0.2) is 0 Å². The minimum absolute atomic E-state index is 0.0855. The molecule has 1 aliphatic rings. The quantitative estimate of drug-likeness (QED) is 0.709. The van der Waals surface area contributed by atoms with Crippen LogP contribution in [0.3, 0.4) is 0 Å². The molecule has 0 saturated carbocycles. The Labute approximate surface area is 109 Å². The molecule has 1 rings (SSSR count). The number of carbonyl (C=O) groups excluding carboxylic acids is 1. The maximum absolute atomic E-state index is 11.7. The van der Waals surface area contributed by atoms with E-state index in [9.17, 15) is 13.2 Å². The van der Waals surface area contributed by atoms with Crippen LogP contribution in [0.5, 0.6) is 0 Å². The van der Waals surface area contributed by atoms with Gasteiger partial charge in [-0.15, -0.1) is 0 Å². The van der Waals surface area contributed by atoms with Crippen LogP contribution in [-0.4, -0.2) is 69.6 Å². The smallest absolute Gasteiger partial charge is 0.221 e. The molecule has 0 aromatic rings. The number of nitrogens with zero attached hydrogens (tertiary/aromatic N) is 2. The molecule has 0 atom stereocenters. The van der Waals surface area contributed by atoms with Crippen LogP contribution < -0.4 is 5.32 Å². The summed E-state index contributed by atoms with van der Waals surface area (Å²) < 4.78 is 24.8. The van der Waals surface area contributed by atoms with Crippen molar-refractivity contribution < 1.29 is 13.2 Å². The number of amides is 1. The van der Waals surface area contributed by atoms with Crippen molar-refractivity contribution in [3.63, 3.8) is 0 Å². The van der Waals surface area contributed by atoms with E-state index in [0.29, 0.717) is 19.6 Å². The maximum Gasteiger partial charge on any atom is 0.221 e. The fourth-order valence-electron chi connectivity index (χ4n) is 1.83. The Morgan fingerprint density at radius 2 is 2.06 bits per heavy atom. The zero-order valence-corrected chi connectivity index (χ0v) is 12.0. The third-order valence-electron chi connectivity index (χ3n) is 2.92. The van der Waals surface area contributed by atoms with Crippen molar-refractivity contribution in [3.05, 3.63) is 0 Å². The second-order valence-electron chi connectivity index (χ2n) is 4.83. The number of sulfonamides is 1. The predicted octanol–water partition coefficient (Wildman–Crippen LogP) is -0.520. The average molecular weight is 277 g/mol. The van der Waals surface area contributed by atoms with Crippen molar-refractivity contribution in [1.82, 2.24) is 14.5 Å². The van der Waals surface area contributed by atoms with Crippen molar-refractivity contribution >= 4 is 15.9 Å². The van der Waals surface area contributed by atoms with Crippen LogP contribution in [0.25, 0.3) is 0 Å². The molecular formula is C11H23N3O3S. The topological polar surface area (TPSA) is 69.7 Å². The van der Waals surface area contributed by atoms with E-state index >= 15 is 0 Å². The summed E-state index contributed by atoms with van der Waals surface area (Å²) in [6, 6.07) is 0. The Balaban J connectivity index is 2.25. The molecule has 1 amide bonds. The normalized spacial score (nSPS) is 19.9. The molecule has 0 aromatic carbocycles. The highest BCUT2D eigenvalue weighted by Gasteiger charge is 2.25. The Bertz CT molecular complexity index is 368. The highest BCUT2D eigenvalue weighted by Crippen LogP contribution is 2.13. The summed E-state index contributed by atoms with van der Waals surface area (Å²) in [6.07, 6.45) is 1.86. The van der Waals surface area contributed by atoms with E-state index in [4.69, 9.17) is 0 Å². The van der Waals surface area contributed by atoms with Crippen LogP contribution >= 0.6 is 0 Å². The van der Waals surface area contributed by atoms with E-state index < -0.39 is 10.0 Å². The molecule has 7 heteroatoms. The lowest BCUT2D eigenvalue weighted by atomic mass is 10.3. The summed E-state index contributed by atoms with van der Waals surface area (Å²) in [5.41, 5.74) is 0. The molecule has 0 aliphatic carbocycles. The van der Waals surface area contributed by atoms with Gasteiger partial charge >= 0.3 is 0 Å². The van der Waals surface area contributed by atoms with E-state index in [0.717, 1.165) is 19.4 Å². The van der Waals surface area contributed by atoms with Gasteiger partial charge in [0.2, 0.25) is 15.9 Å². The summed E-state index contributed by atoms with van der Waals surface area (Å²) in [5.74, 6) is 0.132. The maximum atomic E-state index is 11.7. The molecule has 1 fully saturated rings. The molecular weight excluding hydrogens is 254 g/mol. The standard InChI is InChI=1S/C11H23N3O3S/c1-13(2)9-6-12-11(15)5-8-14-7-3-4-10-18(14,16)17/h3-10H2,1-2H3,(H,12,15). The molecule has 1 aliphatic heterocycles. The Hall–Kier alpha value is -0.660. The number of likely N-dealkylation sites (N-methyl/N-ethyl adjacent to an activating group) is 1. The average Bonchev–Trinajstić information content (AvgIpc) is 2.26. The molecule has 0 aromatic heterocycles. The van der Waals surface area contributed by atoms with Gasteiger partial charge in [0.15, 0.2) is 0 Å². The number of carbonyl (C=O) groups is 1. The third-order valence-corrected chi connectivity index (χ3v) is 4.88. The molecule has 0 bridgehead atoms. The third kappa shape index (κ3) is 5.32. The first-order valence-electron chi connectivity index (χ1n) is 6.31. The van der Waals surface area contributed by atoms with Crippen LogP contribution in [0.4, 0.5) is 0 Å². The molecule has 0 radical (unpaired) electrons. The van der Waals surface area contributed by atoms with E-state index in [1.54, 1.807) is 0 Å². The predicted molar refractivity (Wildman–Crippen MR) is 70.8 cm³/mol. The Kier molecular flexibility index (Phi) is 6.04. The summed E-state index contributed by atoms with van der Waals surface area (Å²) in [6.45, 7) is 2.23. The van der Waals surface area contributed by atoms with Crippen LogP contribution in [0, 0.1) is 0 Å². The lowest BCUT2D eigenvalue weighted by Crippen LogP contribution is -2.40. The first kappa shape index (κ1) is 15.4. The molecule has 18 heavy (non-hydrogen) atoms. The second kappa shape index (κ2) is 7.06. The van der Waals surface area contributed by atoms with Crippen molar-refractivity contribution in [2.24, 2.45) is 0 Å². The summed E-state index contributed by atoms with van der Waals surface area (Å²) in [5, 5.41) is 2.78. The monoisotopic (exact) mass is 277 g/mol. The Morgan fingerprint density at radius 1 is 1.33 bits per heavy atom. The molecule has 6 nitrogen and oxygen atoms in total. The molecule has 0 spiro atoms. The molecule has 1 saturated heterocycles. The van der Waals surface area contributed by atoms with Gasteiger partial charge in [-0.3, -0.25) is 4.79 Å². The zero-order valence-electron chi connectivity index (χ0n) is 11.2. The fraction of sp³-hybridized carbons (Fsp3) is 0.909. The summed E-state index contributed by atoms with van der Waals surface area (Å²) in [4.78, 5) is 13.5. The van der Waals surface area contributed by atoms with Crippen molar-refractivity contribution in [1.29, 1.82) is 0 Å². The van der Waals surface area contributed by atoms with Gasteiger partial charge in [0, 0.05) is 32.6 Å². The van der Waals surface area contributed by atoms with E-state index in [1.165, 1.54) is 4.31 Å². The minimum atomic E-state index is -3.11. The van der Waals surface area contributed by atoms with Gasteiger partial charge in [-0.05, 0) is 26.9 Å². The number of rotatable bonds is 6. The number of hydrogen-bond donors (Lipinski definition) is 1. The van der Waals surface area contributed by atoms with Crippen molar-refractivity contribution in [3.8, 4) is 0 Å². The number of hydrogen-bond acceptors (Lipinski definition) is 4. The summed E-state index contributed by atoms with van der Waals surface area (Å²) in [7, 11) is 0.766. The largest absolute Gasteiger partial charge is 0.355 e. The SMILES string of the molecule is CN(C)CCNC(=O)CCN1CCCCS1(=O)=O. The Morgan fingerprint density at radius 3 is 2.67 bits per heavy atom. The van der Waals surface area contributed by atoms with Gasteiger partial charge in [-0.25, -0.2) is 12.7 Å². The van der Waals surface area contributed by atoms with Gasteiger partial charge < -0.3 is 10.2 Å². The first-order chi connectivity index (χ1) is 8.42. The lowest BCUT2D eigenvalue weighted by Gasteiger charge is -2.25. The zero-order chi connectivity index (χ0) is 13.6. The van der Waals surface area contributed by atoms with Gasteiger partial charge in [-0.2, -0.15) is 0 Å². The number of nitrogens with one attached hydrogen (secondary N) is 1. The van der Waals surface area contributed by atoms with Crippen LogP contribution in [0.2, 0.25) is 0 Å². The highest BCUT2D eigenvalue weighted by molar-refractivity contribution is 7.89. The second-order valence-corrected chi connectivity index (χ2v) is 6.91. The molecule has 0 unspecified atom stereocenters. The minimum Gasteiger partial charge on any atom is -0.355 e. The molecule has 1 N–H and O–H groups in total. The summed E-state index contributed by atoms with van der Waals surface area (Å²) >= 11 is 0. The van der Waals surface area contributed by atoms with E-state index in [1.807, 2.05) is 19.0 Å². The van der Waals surface area contributed by atoms with Gasteiger partial charge in [0.25, 0.3) is 0 Å². The van der Waals surface area contributed by atoms with Crippen molar-refractivity contribution in [2.45, 2.75) is 19.3 Å². The van der Waals surface area contributed by atoms with Gasteiger partial charge in [0.05, 0.1) is 5.75 Å². The van der Waals surface area contributed by atoms with Gasteiger partial charge in [-0.1, -0.05) is 0 Å². The van der Waals surface area contributed by atoms with Crippen LogP contribution in [0.1, 0.15) is 19.3 Å². The first-order valence-corrected chi connectivity index (χ1v) is 7.92. The molecule has 106 valence electrons. The van der Waals surface area contributed by atoms with Crippen LogP contribution in [-0.2, 0) is 14.8 Å². The van der Waals surface area contributed by atoms with Crippen molar-refractivity contribution in [2.75, 3.05) is 46.0 Å². The van der Waals surface area contributed by atoms with Gasteiger partial charge in [0.1, 0.15) is 0 Å². The van der Waals surface area contributed by atoms with E-state index in [-0.39, 0.29) is 18.1 Å². The lowest BCUT2D eigenvalue weighted by molar-refractivity contribution is -0.121. The van der Waals surface area contributed by atoms with E-state index in [2.05, 4.69) is 5.32 Å². The fourth-order valence-corrected chi connectivity index (χ4v) is 3.43. The molecule has 1 heterocycles. The highest BCUT2D eigenvalue weighted by atomic mass is 32.2.